The van der Waals surface area contributed by atoms with Crippen LogP contribution in [0.25, 0.3) is 21.9 Å². The zero-order valence-corrected chi connectivity index (χ0v) is 6.87. The van der Waals surface area contributed by atoms with E-state index >= 15 is 0 Å². The number of aromatic amines is 1. The van der Waals surface area contributed by atoms with Gasteiger partial charge in [0.15, 0.2) is 5.58 Å². The van der Waals surface area contributed by atoms with Gasteiger partial charge in [-0.05, 0) is 12.1 Å². The number of furan rings is 1. The Hall–Kier alpha value is -1.90. The lowest BCUT2D eigenvalue weighted by atomic mass is 10.2. The van der Waals surface area contributed by atoms with Crippen LogP contribution in [0, 0.1) is 0 Å². The third-order valence-corrected chi connectivity index (χ3v) is 2.30. The maximum atomic E-state index is 5.73. The monoisotopic (exact) mass is 172 g/mol. The van der Waals surface area contributed by atoms with E-state index in [2.05, 4.69) is 4.98 Å². The second-order valence-electron chi connectivity index (χ2n) is 3.08. The number of hydrogen-bond donors (Lipinski definition) is 2. The highest BCUT2D eigenvalue weighted by atomic mass is 16.3. The summed E-state index contributed by atoms with van der Waals surface area (Å²) >= 11 is 0. The maximum Gasteiger partial charge on any atom is 0.160 e. The quantitative estimate of drug-likeness (QED) is 0.547. The van der Waals surface area contributed by atoms with Crippen LogP contribution in [0.3, 0.4) is 0 Å². The number of hydrogen-bond acceptors (Lipinski definition) is 2. The summed E-state index contributed by atoms with van der Waals surface area (Å²) in [7, 11) is 0. The molecule has 2 aromatic heterocycles. The topological polar surface area (TPSA) is 54.9 Å². The Labute approximate surface area is 74.1 Å². The Morgan fingerprint density at radius 3 is 3.08 bits per heavy atom. The first-order valence-corrected chi connectivity index (χ1v) is 4.09. The van der Waals surface area contributed by atoms with Crippen molar-refractivity contribution in [3.63, 3.8) is 0 Å². The van der Waals surface area contributed by atoms with Crippen LogP contribution in [0.4, 0.5) is 5.69 Å². The minimum absolute atomic E-state index is 0.687. The summed E-state index contributed by atoms with van der Waals surface area (Å²) in [5.74, 6) is 0. The van der Waals surface area contributed by atoms with Crippen LogP contribution >= 0.6 is 0 Å². The lowest BCUT2D eigenvalue weighted by Crippen LogP contribution is -1.79. The SMILES string of the molecule is Nc1coc2c1ccc1cc[nH]c12. The molecule has 0 aliphatic rings. The number of benzene rings is 1. The molecule has 0 spiro atoms. The molecule has 0 fully saturated rings. The van der Waals surface area contributed by atoms with E-state index in [9.17, 15) is 0 Å². The number of H-pyrrole nitrogens is 1. The van der Waals surface area contributed by atoms with Gasteiger partial charge in [0.05, 0.1) is 11.2 Å². The van der Waals surface area contributed by atoms with Gasteiger partial charge in [-0.3, -0.25) is 0 Å². The van der Waals surface area contributed by atoms with Crippen LogP contribution in [0.5, 0.6) is 0 Å². The van der Waals surface area contributed by atoms with Crippen molar-refractivity contribution in [3.05, 3.63) is 30.7 Å². The Morgan fingerprint density at radius 1 is 1.23 bits per heavy atom. The zero-order valence-electron chi connectivity index (χ0n) is 6.87. The number of anilines is 1. The predicted octanol–water partition coefficient (Wildman–Crippen LogP) is 2.50. The lowest BCUT2D eigenvalue weighted by Gasteiger charge is -1.91. The molecule has 3 aromatic rings. The van der Waals surface area contributed by atoms with Crippen LogP contribution in [0.15, 0.2) is 35.1 Å². The van der Waals surface area contributed by atoms with Gasteiger partial charge < -0.3 is 15.1 Å². The second kappa shape index (κ2) is 2.07. The minimum atomic E-state index is 0.687. The predicted molar refractivity (Wildman–Crippen MR) is 52.5 cm³/mol. The molecule has 3 rings (SSSR count). The maximum absolute atomic E-state index is 5.73. The molecule has 0 saturated heterocycles. The van der Waals surface area contributed by atoms with E-state index in [0.717, 1.165) is 21.9 Å². The van der Waals surface area contributed by atoms with E-state index in [1.807, 2.05) is 24.4 Å². The van der Waals surface area contributed by atoms with Gasteiger partial charge in [-0.15, -0.1) is 0 Å². The van der Waals surface area contributed by atoms with Crippen molar-refractivity contribution < 1.29 is 4.42 Å². The van der Waals surface area contributed by atoms with Crippen molar-refractivity contribution in [1.29, 1.82) is 0 Å². The minimum Gasteiger partial charge on any atom is -0.460 e. The fourth-order valence-electron chi connectivity index (χ4n) is 1.64. The number of rotatable bonds is 0. The molecule has 64 valence electrons. The van der Waals surface area contributed by atoms with Crippen molar-refractivity contribution in [2.45, 2.75) is 0 Å². The number of fused-ring (bicyclic) bond motifs is 3. The first kappa shape index (κ1) is 6.60. The summed E-state index contributed by atoms with van der Waals surface area (Å²) in [6.45, 7) is 0. The van der Waals surface area contributed by atoms with E-state index in [1.165, 1.54) is 0 Å². The summed E-state index contributed by atoms with van der Waals surface area (Å²) in [6, 6.07) is 6.01. The average molecular weight is 172 g/mol. The Kier molecular flexibility index (Phi) is 1.05. The molecule has 0 radical (unpaired) electrons. The van der Waals surface area contributed by atoms with Crippen molar-refractivity contribution in [2.75, 3.05) is 5.73 Å². The van der Waals surface area contributed by atoms with Crippen molar-refractivity contribution in [2.24, 2.45) is 0 Å². The molecule has 3 heteroatoms. The van der Waals surface area contributed by atoms with Crippen molar-refractivity contribution in [3.8, 4) is 0 Å². The zero-order chi connectivity index (χ0) is 8.84. The van der Waals surface area contributed by atoms with Crippen LogP contribution in [0.2, 0.25) is 0 Å². The van der Waals surface area contributed by atoms with E-state index in [-0.39, 0.29) is 0 Å². The Morgan fingerprint density at radius 2 is 2.15 bits per heavy atom. The number of nitrogens with two attached hydrogens (primary N) is 1. The van der Waals surface area contributed by atoms with E-state index in [0.29, 0.717) is 5.69 Å². The highest BCUT2D eigenvalue weighted by Gasteiger charge is 2.06. The van der Waals surface area contributed by atoms with Crippen molar-refractivity contribution >= 4 is 27.6 Å². The molecule has 0 bridgehead atoms. The molecule has 0 aliphatic heterocycles. The number of nitrogens with one attached hydrogen (secondary N) is 1. The number of aromatic nitrogens is 1. The summed E-state index contributed by atoms with van der Waals surface area (Å²) < 4.78 is 5.36. The largest absolute Gasteiger partial charge is 0.460 e. The highest BCUT2D eigenvalue weighted by molar-refractivity contribution is 6.06. The molecule has 2 heterocycles. The van der Waals surface area contributed by atoms with E-state index in [4.69, 9.17) is 10.2 Å². The van der Waals surface area contributed by atoms with Gasteiger partial charge in [0, 0.05) is 17.0 Å². The Bertz CT molecular complexity index is 577. The van der Waals surface area contributed by atoms with E-state index in [1.54, 1.807) is 6.26 Å². The first-order valence-electron chi connectivity index (χ1n) is 4.09. The van der Waals surface area contributed by atoms with E-state index < -0.39 is 0 Å². The third-order valence-electron chi connectivity index (χ3n) is 2.30. The molecule has 13 heavy (non-hydrogen) atoms. The molecule has 3 N–H and O–H groups in total. The summed E-state index contributed by atoms with van der Waals surface area (Å²) in [6.07, 6.45) is 3.47. The molecule has 3 nitrogen and oxygen atoms in total. The van der Waals surface area contributed by atoms with Crippen LogP contribution in [0.1, 0.15) is 0 Å². The van der Waals surface area contributed by atoms with Gasteiger partial charge >= 0.3 is 0 Å². The van der Waals surface area contributed by atoms with Gasteiger partial charge in [-0.25, -0.2) is 0 Å². The fourth-order valence-corrected chi connectivity index (χ4v) is 1.64. The molecule has 0 atom stereocenters. The van der Waals surface area contributed by atoms with Gasteiger partial charge in [-0.1, -0.05) is 6.07 Å². The molecular formula is C10H8N2O. The lowest BCUT2D eigenvalue weighted by molar-refractivity contribution is 0.620. The van der Waals surface area contributed by atoms with Crippen LogP contribution in [-0.4, -0.2) is 4.98 Å². The third kappa shape index (κ3) is 0.731. The van der Waals surface area contributed by atoms with Crippen molar-refractivity contribution in [1.82, 2.24) is 4.98 Å². The van der Waals surface area contributed by atoms with Crippen LogP contribution < -0.4 is 5.73 Å². The molecule has 0 amide bonds. The number of nitrogen functional groups attached to an aromatic ring is 1. The van der Waals surface area contributed by atoms with Gasteiger partial charge in [-0.2, -0.15) is 0 Å². The normalized spacial score (nSPS) is 11.4. The van der Waals surface area contributed by atoms with Gasteiger partial charge in [0.1, 0.15) is 6.26 Å². The van der Waals surface area contributed by atoms with Crippen LogP contribution in [-0.2, 0) is 0 Å². The summed E-state index contributed by atoms with van der Waals surface area (Å²) in [4.78, 5) is 3.13. The smallest absolute Gasteiger partial charge is 0.160 e. The highest BCUT2D eigenvalue weighted by Crippen LogP contribution is 2.29. The molecule has 0 saturated carbocycles. The summed E-state index contributed by atoms with van der Waals surface area (Å²) in [5.41, 5.74) is 8.26. The molecule has 0 aliphatic carbocycles. The molecule has 0 unspecified atom stereocenters. The summed E-state index contributed by atoms with van der Waals surface area (Å²) in [5, 5.41) is 2.11. The Balaban J connectivity index is 2.66. The fraction of sp³-hybridized carbons (Fsp3) is 0. The molecular weight excluding hydrogens is 164 g/mol. The average Bonchev–Trinajstić information content (AvgIpc) is 2.70. The standard InChI is InChI=1S/C10H8N2O/c11-8-5-13-10-7(8)2-1-6-3-4-12-9(6)10/h1-5,12H,11H2. The first-order chi connectivity index (χ1) is 6.36. The van der Waals surface area contributed by atoms with Gasteiger partial charge in [0.25, 0.3) is 0 Å². The van der Waals surface area contributed by atoms with Gasteiger partial charge in [0.2, 0.25) is 0 Å². The second-order valence-corrected chi connectivity index (χ2v) is 3.08. The molecule has 1 aromatic carbocycles.